The number of nitrogens with zero attached hydrogens (tertiary/aromatic N) is 3. The molecule has 5 amide bonds. The van der Waals surface area contributed by atoms with Crippen molar-refractivity contribution in [3.63, 3.8) is 0 Å². The first kappa shape index (κ1) is 48.8. The molecule has 3 N–H and O–H groups in total. The van der Waals surface area contributed by atoms with Crippen LogP contribution in [0.2, 0.25) is 0 Å². The lowest BCUT2D eigenvalue weighted by atomic mass is 9.84. The predicted octanol–water partition coefficient (Wildman–Crippen LogP) is 4.96. The number of carbonyl (C=O) groups excluding carboxylic acids is 5. The lowest BCUT2D eigenvalue weighted by molar-refractivity contribution is -0.151. The van der Waals surface area contributed by atoms with Gasteiger partial charge in [0, 0.05) is 51.0 Å². The van der Waals surface area contributed by atoms with Crippen LogP contribution in [-0.4, -0.2) is 134 Å². The van der Waals surface area contributed by atoms with E-state index in [1.807, 2.05) is 97.7 Å². The minimum Gasteiger partial charge on any atom is -0.410 e. The Labute approximate surface area is 341 Å². The van der Waals surface area contributed by atoms with Crippen molar-refractivity contribution in [2.75, 3.05) is 54.1 Å². The molecule has 14 heteroatoms. The van der Waals surface area contributed by atoms with Gasteiger partial charge in [-0.3, -0.25) is 24.1 Å². The highest BCUT2D eigenvalue weighted by Crippen LogP contribution is 2.35. The molecule has 1 aliphatic rings. The van der Waals surface area contributed by atoms with Gasteiger partial charge in [-0.05, 0) is 89.4 Å². The summed E-state index contributed by atoms with van der Waals surface area (Å²) in [6, 6.07) is 5.96. The molecule has 2 rings (SSSR count). The number of likely N-dealkylation sites (N-methyl/N-ethyl adjacent to an activating group) is 2. The lowest BCUT2D eigenvalue weighted by Gasteiger charge is -2.46. The van der Waals surface area contributed by atoms with Gasteiger partial charge in [-0.2, -0.15) is 11.8 Å². The van der Waals surface area contributed by atoms with E-state index in [1.165, 1.54) is 0 Å². The molecule has 1 saturated heterocycles. The van der Waals surface area contributed by atoms with Crippen LogP contribution in [-0.2, 0) is 30.3 Å². The fourth-order valence-corrected chi connectivity index (χ4v) is 9.19. The minimum absolute atomic E-state index is 0.0506. The largest absolute Gasteiger partial charge is 0.412 e. The molecular weight excluding hydrogens is 733 g/mol. The summed E-state index contributed by atoms with van der Waals surface area (Å²) in [7, 11) is 7.06. The topological polar surface area (TPSA) is 150 Å². The number of rotatable bonds is 22. The zero-order chi connectivity index (χ0) is 42.3. The molecule has 56 heavy (non-hydrogen) atoms. The number of hydrogen-bond donors (Lipinski definition) is 3. The fraction of sp³-hybridized carbons (Fsp3) is 0.738. The van der Waals surface area contributed by atoms with Crippen LogP contribution < -0.4 is 20.7 Å². The standard InChI is InChI=1S/C42H72N6O7S/c1-14-22-42(8,47(11)40(52)35(27(3)4)45-39(51)36(28(5)6)46(9)10)33(54-12)26-34(49)48-24-17-20-32(48)37(56-13)29(7)38(50)44-23-21-30-18-16-19-31(25-30)55-41(53)43-15-2/h16,18-19,25,27-29,32-33,35-37H,14-15,17,20-24,26H2,1-13H3,(H,43,53)(H,44,50)(H,45,51). The van der Waals surface area contributed by atoms with Gasteiger partial charge in [-0.15, -0.1) is 0 Å². The van der Waals surface area contributed by atoms with Crippen LogP contribution in [0.25, 0.3) is 0 Å². The molecule has 0 aliphatic carbocycles. The quantitative estimate of drug-likeness (QED) is 0.148. The highest BCUT2D eigenvalue weighted by Gasteiger charge is 2.46. The second-order valence-corrected chi connectivity index (χ2v) is 17.2. The van der Waals surface area contributed by atoms with Crippen molar-refractivity contribution in [1.82, 2.24) is 30.7 Å². The van der Waals surface area contributed by atoms with Crippen molar-refractivity contribution in [2.24, 2.45) is 17.8 Å². The molecule has 318 valence electrons. The fourth-order valence-electron chi connectivity index (χ4n) is 8.06. The maximum Gasteiger partial charge on any atom is 0.412 e. The van der Waals surface area contributed by atoms with Crippen molar-refractivity contribution >= 4 is 41.5 Å². The Bertz CT molecular complexity index is 1440. The first-order valence-electron chi connectivity index (χ1n) is 20.3. The van der Waals surface area contributed by atoms with E-state index in [4.69, 9.17) is 9.47 Å². The van der Waals surface area contributed by atoms with Gasteiger partial charge in [0.05, 0.1) is 24.1 Å². The van der Waals surface area contributed by atoms with E-state index in [2.05, 4.69) is 16.0 Å². The first-order valence-corrected chi connectivity index (χ1v) is 21.6. The van der Waals surface area contributed by atoms with Gasteiger partial charge >= 0.3 is 6.09 Å². The number of nitrogens with one attached hydrogen (secondary N) is 3. The van der Waals surface area contributed by atoms with Crippen LogP contribution >= 0.6 is 11.8 Å². The van der Waals surface area contributed by atoms with Crippen LogP contribution in [0.4, 0.5) is 4.79 Å². The Morgan fingerprint density at radius 3 is 2.23 bits per heavy atom. The van der Waals surface area contributed by atoms with E-state index >= 15 is 0 Å². The average Bonchev–Trinajstić information content (AvgIpc) is 3.62. The Kier molecular flexibility index (Phi) is 20.2. The number of hydrogen-bond acceptors (Lipinski definition) is 9. The average molecular weight is 805 g/mol. The van der Waals surface area contributed by atoms with Gasteiger partial charge in [-0.1, -0.05) is 60.1 Å². The van der Waals surface area contributed by atoms with Gasteiger partial charge in [0.2, 0.25) is 23.6 Å². The van der Waals surface area contributed by atoms with E-state index in [-0.39, 0.29) is 59.1 Å². The van der Waals surface area contributed by atoms with Crippen LogP contribution in [0, 0.1) is 17.8 Å². The molecule has 1 heterocycles. The molecule has 1 aliphatic heterocycles. The third-order valence-corrected chi connectivity index (χ3v) is 12.5. The summed E-state index contributed by atoms with van der Waals surface area (Å²) in [5.74, 6) is -0.609. The number of methoxy groups -OCH3 is 1. The van der Waals surface area contributed by atoms with Crippen molar-refractivity contribution in [2.45, 2.75) is 129 Å². The second-order valence-electron chi connectivity index (χ2n) is 16.2. The highest BCUT2D eigenvalue weighted by molar-refractivity contribution is 7.99. The van der Waals surface area contributed by atoms with Gasteiger partial charge in [0.15, 0.2) is 0 Å². The molecule has 0 radical (unpaired) electrons. The Morgan fingerprint density at radius 2 is 1.68 bits per heavy atom. The maximum absolute atomic E-state index is 14.3. The van der Waals surface area contributed by atoms with E-state index in [1.54, 1.807) is 43.0 Å². The third-order valence-electron chi connectivity index (χ3n) is 11.2. The van der Waals surface area contributed by atoms with E-state index in [0.717, 1.165) is 24.8 Å². The number of carbonyl (C=O) groups is 5. The molecule has 0 spiro atoms. The second kappa shape index (κ2) is 23.1. The molecule has 0 aromatic heterocycles. The number of ether oxygens (including phenoxy) is 2. The Hall–Kier alpha value is -3.36. The summed E-state index contributed by atoms with van der Waals surface area (Å²) < 4.78 is 11.4. The minimum atomic E-state index is -0.845. The smallest absolute Gasteiger partial charge is 0.410 e. The summed E-state index contributed by atoms with van der Waals surface area (Å²) in [6.07, 6.45) is 4.45. The number of likely N-dealkylation sites (tertiary alicyclic amines) is 1. The molecule has 7 unspecified atom stereocenters. The van der Waals surface area contributed by atoms with E-state index in [9.17, 15) is 24.0 Å². The molecule has 7 atom stereocenters. The van der Waals surface area contributed by atoms with Crippen molar-refractivity contribution < 1.29 is 33.4 Å². The monoisotopic (exact) mass is 805 g/mol. The van der Waals surface area contributed by atoms with Crippen molar-refractivity contribution in [3.8, 4) is 5.75 Å². The summed E-state index contributed by atoms with van der Waals surface area (Å²) in [4.78, 5) is 72.8. The maximum atomic E-state index is 14.3. The normalized spacial score (nSPS) is 18.1. The van der Waals surface area contributed by atoms with Crippen LogP contribution in [0.1, 0.15) is 93.1 Å². The lowest BCUT2D eigenvalue weighted by Crippen LogP contribution is -2.63. The Morgan fingerprint density at radius 1 is 1.00 bits per heavy atom. The van der Waals surface area contributed by atoms with Crippen LogP contribution in [0.3, 0.4) is 0 Å². The van der Waals surface area contributed by atoms with Gasteiger partial charge in [-0.25, -0.2) is 4.79 Å². The van der Waals surface area contributed by atoms with E-state index in [0.29, 0.717) is 38.2 Å². The number of thioether (sulfide) groups is 1. The summed E-state index contributed by atoms with van der Waals surface area (Å²) in [5, 5.41) is 8.61. The predicted molar refractivity (Wildman–Crippen MR) is 225 cm³/mol. The third kappa shape index (κ3) is 13.1. The summed E-state index contributed by atoms with van der Waals surface area (Å²) in [6.45, 7) is 17.0. The van der Waals surface area contributed by atoms with E-state index < -0.39 is 29.8 Å². The SMILES string of the molecule is CCCC(C)(C(CC(=O)N1CCCC1C(SC)C(C)C(=O)NCCc1cccc(OC(=O)NCC)c1)OC)N(C)C(=O)C(NC(=O)C(C(C)C)N(C)C)C(C)C. The molecule has 0 saturated carbocycles. The molecule has 13 nitrogen and oxygen atoms in total. The molecule has 1 aromatic rings. The summed E-state index contributed by atoms with van der Waals surface area (Å²) >= 11 is 1.60. The van der Waals surface area contributed by atoms with Gasteiger partial charge < -0.3 is 35.2 Å². The zero-order valence-electron chi connectivity index (χ0n) is 36.4. The number of benzene rings is 1. The van der Waals surface area contributed by atoms with Gasteiger partial charge in [0.1, 0.15) is 11.8 Å². The van der Waals surface area contributed by atoms with Gasteiger partial charge in [0.25, 0.3) is 0 Å². The Balaban J connectivity index is 2.18. The molecule has 1 fully saturated rings. The van der Waals surface area contributed by atoms with Crippen molar-refractivity contribution in [3.05, 3.63) is 29.8 Å². The zero-order valence-corrected chi connectivity index (χ0v) is 37.2. The summed E-state index contributed by atoms with van der Waals surface area (Å²) in [5.41, 5.74) is 0.0829. The van der Waals surface area contributed by atoms with Crippen molar-refractivity contribution in [1.29, 1.82) is 0 Å². The van der Waals surface area contributed by atoms with Crippen LogP contribution in [0.15, 0.2) is 24.3 Å². The molecule has 0 bridgehead atoms. The molecular formula is C42H72N6O7S. The molecule has 1 aromatic carbocycles. The van der Waals surface area contributed by atoms with Crippen LogP contribution in [0.5, 0.6) is 5.75 Å². The first-order chi connectivity index (χ1) is 26.4. The number of amides is 5. The highest BCUT2D eigenvalue weighted by atomic mass is 32.2.